The van der Waals surface area contributed by atoms with Crippen LogP contribution in [-0.2, 0) is 4.79 Å². The van der Waals surface area contributed by atoms with Crippen LogP contribution in [-0.4, -0.2) is 35.1 Å². The number of carbonyl (C=O) groups excluding carboxylic acids is 1. The van der Waals surface area contributed by atoms with E-state index < -0.39 is 6.10 Å². The summed E-state index contributed by atoms with van der Waals surface area (Å²) < 4.78 is 5.52. The molecule has 1 saturated carbocycles. The van der Waals surface area contributed by atoms with Crippen molar-refractivity contribution >= 4 is 5.91 Å². The molecule has 0 unspecified atom stereocenters. The van der Waals surface area contributed by atoms with E-state index in [1.807, 2.05) is 30.9 Å². The van der Waals surface area contributed by atoms with Gasteiger partial charge in [-0.15, -0.1) is 0 Å². The number of aliphatic hydroxyl groups excluding tert-OH is 1. The number of amides is 1. The number of rotatable bonds is 7. The van der Waals surface area contributed by atoms with Gasteiger partial charge >= 0.3 is 0 Å². The summed E-state index contributed by atoms with van der Waals surface area (Å²) >= 11 is 0. The lowest BCUT2D eigenvalue weighted by Crippen LogP contribution is -2.36. The summed E-state index contributed by atoms with van der Waals surface area (Å²) in [7, 11) is 0. The van der Waals surface area contributed by atoms with Crippen LogP contribution in [0.2, 0.25) is 0 Å². The highest BCUT2D eigenvalue weighted by Crippen LogP contribution is 2.26. The van der Waals surface area contributed by atoms with E-state index in [1.165, 1.54) is 0 Å². The van der Waals surface area contributed by atoms with Crippen LogP contribution in [0.5, 0.6) is 5.75 Å². The minimum Gasteiger partial charge on any atom is -0.484 e. The van der Waals surface area contributed by atoms with Gasteiger partial charge in [-0.3, -0.25) is 4.79 Å². The van der Waals surface area contributed by atoms with Gasteiger partial charge in [-0.1, -0.05) is 19.1 Å². The van der Waals surface area contributed by atoms with Crippen molar-refractivity contribution in [2.75, 3.05) is 13.2 Å². The lowest BCUT2D eigenvalue weighted by atomic mass is 10.1. The van der Waals surface area contributed by atoms with E-state index in [4.69, 9.17) is 4.74 Å². The van der Waals surface area contributed by atoms with Crippen molar-refractivity contribution in [2.45, 2.75) is 45.3 Å². The van der Waals surface area contributed by atoms with E-state index in [1.54, 1.807) is 12.1 Å². The standard InChI is InChI=1S/C16H23NO3/c1-3-15(18)12-5-9-14(10-6-12)20-11-16(19)17(4-2)13-7-8-13/h5-6,9-10,13,15,18H,3-4,7-8,11H2,1-2H3/t15-/m1/s1. The summed E-state index contributed by atoms with van der Waals surface area (Å²) in [6.07, 6.45) is 2.48. The van der Waals surface area contributed by atoms with Crippen molar-refractivity contribution < 1.29 is 14.6 Å². The average molecular weight is 277 g/mol. The van der Waals surface area contributed by atoms with Crippen molar-refractivity contribution in [1.29, 1.82) is 0 Å². The third-order valence-electron chi connectivity index (χ3n) is 3.66. The van der Waals surface area contributed by atoms with Gasteiger partial charge in [0.1, 0.15) is 5.75 Å². The Morgan fingerprint density at radius 1 is 1.35 bits per heavy atom. The molecule has 1 atom stereocenters. The maximum absolute atomic E-state index is 12.0. The summed E-state index contributed by atoms with van der Waals surface area (Å²) in [6, 6.07) is 7.71. The van der Waals surface area contributed by atoms with Crippen molar-refractivity contribution in [3.05, 3.63) is 29.8 Å². The predicted octanol–water partition coefficient (Wildman–Crippen LogP) is 2.52. The Hall–Kier alpha value is -1.55. The number of hydrogen-bond acceptors (Lipinski definition) is 3. The summed E-state index contributed by atoms with van der Waals surface area (Å²) in [4.78, 5) is 13.9. The van der Waals surface area contributed by atoms with Gasteiger partial charge in [-0.2, -0.15) is 0 Å². The molecular formula is C16H23NO3. The molecule has 0 aromatic heterocycles. The minimum atomic E-state index is -0.434. The molecule has 0 spiro atoms. The molecule has 1 N–H and O–H groups in total. The van der Waals surface area contributed by atoms with E-state index in [2.05, 4.69) is 0 Å². The molecule has 1 aromatic carbocycles. The third-order valence-corrected chi connectivity index (χ3v) is 3.66. The maximum atomic E-state index is 12.0. The summed E-state index contributed by atoms with van der Waals surface area (Å²) in [5.41, 5.74) is 0.874. The van der Waals surface area contributed by atoms with Crippen molar-refractivity contribution in [2.24, 2.45) is 0 Å². The van der Waals surface area contributed by atoms with Gasteiger partial charge in [0.2, 0.25) is 0 Å². The highest BCUT2D eigenvalue weighted by Gasteiger charge is 2.31. The van der Waals surface area contributed by atoms with Gasteiger partial charge < -0.3 is 14.7 Å². The highest BCUT2D eigenvalue weighted by molar-refractivity contribution is 5.78. The maximum Gasteiger partial charge on any atom is 0.260 e. The molecule has 4 nitrogen and oxygen atoms in total. The van der Waals surface area contributed by atoms with Crippen LogP contribution >= 0.6 is 0 Å². The fourth-order valence-corrected chi connectivity index (χ4v) is 2.27. The molecule has 1 fully saturated rings. The number of aliphatic hydroxyl groups is 1. The van der Waals surface area contributed by atoms with Crippen molar-refractivity contribution in [3.63, 3.8) is 0 Å². The first-order chi connectivity index (χ1) is 9.65. The molecule has 20 heavy (non-hydrogen) atoms. The van der Waals surface area contributed by atoms with Gasteiger partial charge in [0.25, 0.3) is 5.91 Å². The highest BCUT2D eigenvalue weighted by atomic mass is 16.5. The van der Waals surface area contributed by atoms with E-state index in [0.29, 0.717) is 18.2 Å². The zero-order valence-corrected chi connectivity index (χ0v) is 12.2. The number of benzene rings is 1. The number of ether oxygens (including phenoxy) is 1. The summed E-state index contributed by atoms with van der Waals surface area (Å²) in [6.45, 7) is 4.76. The lowest BCUT2D eigenvalue weighted by molar-refractivity contribution is -0.133. The van der Waals surface area contributed by atoms with E-state index in [-0.39, 0.29) is 12.5 Å². The van der Waals surface area contributed by atoms with Gasteiger partial charge in [0.15, 0.2) is 6.61 Å². The van der Waals surface area contributed by atoms with E-state index in [0.717, 1.165) is 24.9 Å². The zero-order valence-electron chi connectivity index (χ0n) is 12.2. The molecule has 1 aliphatic carbocycles. The second-order valence-corrected chi connectivity index (χ2v) is 5.19. The van der Waals surface area contributed by atoms with Crippen molar-refractivity contribution in [1.82, 2.24) is 4.90 Å². The molecule has 1 aromatic rings. The molecule has 2 rings (SSSR count). The Morgan fingerprint density at radius 3 is 2.50 bits per heavy atom. The minimum absolute atomic E-state index is 0.0488. The number of hydrogen-bond donors (Lipinski definition) is 1. The van der Waals surface area contributed by atoms with Gasteiger partial charge in [-0.25, -0.2) is 0 Å². The lowest BCUT2D eigenvalue weighted by Gasteiger charge is -2.20. The van der Waals surface area contributed by atoms with E-state index >= 15 is 0 Å². The quantitative estimate of drug-likeness (QED) is 0.833. The summed E-state index contributed by atoms with van der Waals surface area (Å²) in [5, 5.41) is 9.71. The molecule has 1 amide bonds. The first-order valence-corrected chi connectivity index (χ1v) is 7.36. The van der Waals surface area contributed by atoms with Crippen LogP contribution in [0, 0.1) is 0 Å². The summed E-state index contributed by atoms with van der Waals surface area (Å²) in [5.74, 6) is 0.713. The molecular weight excluding hydrogens is 254 g/mol. The Labute approximate surface area is 120 Å². The largest absolute Gasteiger partial charge is 0.484 e. The zero-order chi connectivity index (χ0) is 14.5. The van der Waals surface area contributed by atoms with Crippen LogP contribution in [0.3, 0.4) is 0 Å². The molecule has 0 bridgehead atoms. The fraction of sp³-hybridized carbons (Fsp3) is 0.562. The molecule has 0 aliphatic heterocycles. The van der Waals surface area contributed by atoms with Crippen LogP contribution in [0.15, 0.2) is 24.3 Å². The Kier molecular flexibility index (Phi) is 5.01. The second kappa shape index (κ2) is 6.75. The van der Waals surface area contributed by atoms with Gasteiger partial charge in [0, 0.05) is 12.6 Å². The van der Waals surface area contributed by atoms with Gasteiger partial charge in [0.05, 0.1) is 6.10 Å². The SMILES string of the molecule is CC[C@@H](O)c1ccc(OCC(=O)N(CC)C2CC2)cc1. The molecule has 110 valence electrons. The monoisotopic (exact) mass is 277 g/mol. The van der Waals surface area contributed by atoms with Crippen LogP contribution in [0.1, 0.15) is 44.8 Å². The predicted molar refractivity (Wildman–Crippen MR) is 77.6 cm³/mol. The van der Waals surface area contributed by atoms with Crippen LogP contribution in [0.25, 0.3) is 0 Å². The smallest absolute Gasteiger partial charge is 0.260 e. The molecule has 0 heterocycles. The Balaban J connectivity index is 1.85. The Bertz CT molecular complexity index is 440. The number of nitrogens with zero attached hydrogens (tertiary/aromatic N) is 1. The average Bonchev–Trinajstić information content (AvgIpc) is 3.30. The topological polar surface area (TPSA) is 49.8 Å². The fourth-order valence-electron chi connectivity index (χ4n) is 2.27. The number of likely N-dealkylation sites (N-methyl/N-ethyl adjacent to an activating group) is 1. The van der Waals surface area contributed by atoms with Crippen LogP contribution in [0.4, 0.5) is 0 Å². The first kappa shape index (κ1) is 14.9. The number of carbonyl (C=O) groups is 1. The van der Waals surface area contributed by atoms with Gasteiger partial charge in [-0.05, 0) is 43.9 Å². The van der Waals surface area contributed by atoms with E-state index in [9.17, 15) is 9.90 Å². The molecule has 0 radical (unpaired) electrons. The second-order valence-electron chi connectivity index (χ2n) is 5.19. The molecule has 0 saturated heterocycles. The first-order valence-electron chi connectivity index (χ1n) is 7.36. The van der Waals surface area contributed by atoms with Crippen molar-refractivity contribution in [3.8, 4) is 5.75 Å². The molecule has 4 heteroatoms. The molecule has 1 aliphatic rings. The van der Waals surface area contributed by atoms with Crippen LogP contribution < -0.4 is 4.74 Å². The Morgan fingerprint density at radius 2 is 2.00 bits per heavy atom. The third kappa shape index (κ3) is 3.73. The normalized spacial score (nSPS) is 15.8.